The van der Waals surface area contributed by atoms with Crippen molar-refractivity contribution in [3.63, 3.8) is 0 Å². The van der Waals surface area contributed by atoms with Gasteiger partial charge in [-0.3, -0.25) is 9.59 Å². The Hall–Kier alpha value is -1.14. The second-order valence-corrected chi connectivity index (χ2v) is 6.34. The van der Waals surface area contributed by atoms with Crippen LogP contribution in [0.5, 0.6) is 0 Å². The Balaban J connectivity index is 2.77. The Morgan fingerprint density at radius 2 is 1.45 bits per heavy atom. The molecule has 1 fully saturated rings. The number of hydrogen-bond acceptors (Lipinski definition) is 6. The average molecular weight is 316 g/mol. The summed E-state index contributed by atoms with van der Waals surface area (Å²) in [4.78, 5) is 23.7. The van der Waals surface area contributed by atoms with E-state index in [0.29, 0.717) is 0 Å². The van der Waals surface area contributed by atoms with Crippen molar-refractivity contribution in [3.8, 4) is 0 Å². The van der Waals surface area contributed by atoms with Gasteiger partial charge in [-0.05, 0) is 26.7 Å². The molecule has 0 bridgehead atoms. The van der Waals surface area contributed by atoms with E-state index in [4.69, 9.17) is 9.47 Å². The monoisotopic (exact) mass is 316 g/mol. The number of esters is 2. The lowest BCUT2D eigenvalue weighted by molar-refractivity contribution is -0.232. The van der Waals surface area contributed by atoms with E-state index >= 15 is 0 Å². The molecule has 6 nitrogen and oxygen atoms in total. The van der Waals surface area contributed by atoms with E-state index in [-0.39, 0.29) is 19.3 Å². The number of ether oxygens (including phenoxy) is 2. The first-order valence-electron chi connectivity index (χ1n) is 8.10. The summed E-state index contributed by atoms with van der Waals surface area (Å²) in [7, 11) is 0. The van der Waals surface area contributed by atoms with Gasteiger partial charge in [0.25, 0.3) is 6.29 Å². The van der Waals surface area contributed by atoms with Crippen LogP contribution in [-0.4, -0.2) is 40.1 Å². The Morgan fingerprint density at radius 3 is 1.86 bits per heavy atom. The first-order valence-corrected chi connectivity index (χ1v) is 8.10. The molecule has 1 rings (SSSR count). The van der Waals surface area contributed by atoms with Gasteiger partial charge in [-0.15, -0.1) is 0 Å². The number of hydrogen-bond donors (Lipinski definition) is 2. The van der Waals surface area contributed by atoms with Crippen molar-refractivity contribution >= 4 is 11.9 Å². The number of aliphatic hydroxyl groups excluding tert-OH is 1. The smallest absolute Gasteiger partial charge is 0.308 e. The van der Waals surface area contributed by atoms with Gasteiger partial charge in [0.1, 0.15) is 5.60 Å². The predicted octanol–water partition coefficient (Wildman–Crippen LogP) is 2.06. The molecule has 2 unspecified atom stereocenters. The highest BCUT2D eigenvalue weighted by atomic mass is 16.7. The highest BCUT2D eigenvalue weighted by molar-refractivity contribution is 5.71. The first-order chi connectivity index (χ1) is 10.3. The minimum absolute atomic E-state index is 0.0573. The normalized spacial score (nSPS) is 24.0. The van der Waals surface area contributed by atoms with E-state index in [2.05, 4.69) is 0 Å². The van der Waals surface area contributed by atoms with Crippen LogP contribution in [0.2, 0.25) is 0 Å². The van der Waals surface area contributed by atoms with Gasteiger partial charge < -0.3 is 19.7 Å². The lowest BCUT2D eigenvalue weighted by Gasteiger charge is -2.32. The van der Waals surface area contributed by atoms with Crippen LogP contribution in [0.15, 0.2) is 0 Å². The van der Waals surface area contributed by atoms with Crippen molar-refractivity contribution in [2.24, 2.45) is 0 Å². The molecule has 2 N–H and O–H groups in total. The van der Waals surface area contributed by atoms with Crippen LogP contribution in [0.1, 0.15) is 71.6 Å². The molecule has 0 aromatic rings. The minimum Gasteiger partial charge on any atom is -0.422 e. The molecule has 1 heterocycles. The fourth-order valence-corrected chi connectivity index (χ4v) is 2.57. The minimum atomic E-state index is -1.63. The lowest BCUT2D eigenvalue weighted by atomic mass is 9.98. The highest BCUT2D eigenvalue weighted by Crippen LogP contribution is 2.23. The Kier molecular flexibility index (Phi) is 7.82. The van der Waals surface area contributed by atoms with Crippen LogP contribution in [0.25, 0.3) is 0 Å². The number of aliphatic hydroxyl groups is 2. The van der Waals surface area contributed by atoms with Gasteiger partial charge in [-0.25, -0.2) is 0 Å². The molecule has 22 heavy (non-hydrogen) atoms. The van der Waals surface area contributed by atoms with Gasteiger partial charge in [-0.2, -0.15) is 0 Å². The van der Waals surface area contributed by atoms with Crippen molar-refractivity contribution in [1.82, 2.24) is 0 Å². The zero-order chi connectivity index (χ0) is 16.6. The third kappa shape index (κ3) is 7.22. The van der Waals surface area contributed by atoms with E-state index in [1.165, 1.54) is 13.8 Å². The van der Waals surface area contributed by atoms with Crippen LogP contribution >= 0.6 is 0 Å². The summed E-state index contributed by atoms with van der Waals surface area (Å²) in [6.07, 6.45) is 3.61. The van der Waals surface area contributed by atoms with Crippen LogP contribution in [0.4, 0.5) is 0 Å². The third-order valence-corrected chi connectivity index (χ3v) is 3.71. The summed E-state index contributed by atoms with van der Waals surface area (Å²) in [5.74, 6) is -0.995. The molecule has 2 atom stereocenters. The first kappa shape index (κ1) is 18.9. The molecular weight excluding hydrogens is 288 g/mol. The SMILES string of the molecule is CC(O)CC(C)(O)C1OC(=O)CCCCCCCCC(=O)O1. The van der Waals surface area contributed by atoms with Gasteiger partial charge in [0.2, 0.25) is 0 Å². The van der Waals surface area contributed by atoms with Crippen molar-refractivity contribution in [2.45, 2.75) is 89.6 Å². The van der Waals surface area contributed by atoms with Crippen LogP contribution in [0.3, 0.4) is 0 Å². The highest BCUT2D eigenvalue weighted by Gasteiger charge is 2.39. The number of carbonyl (C=O) groups excluding carboxylic acids is 2. The molecule has 0 saturated carbocycles. The van der Waals surface area contributed by atoms with Gasteiger partial charge >= 0.3 is 11.9 Å². The predicted molar refractivity (Wildman–Crippen MR) is 79.8 cm³/mol. The molecular formula is C16H28O6. The largest absolute Gasteiger partial charge is 0.422 e. The molecule has 0 aromatic carbocycles. The summed E-state index contributed by atoms with van der Waals surface area (Å²) >= 11 is 0. The quantitative estimate of drug-likeness (QED) is 0.774. The van der Waals surface area contributed by atoms with Gasteiger partial charge in [0.15, 0.2) is 0 Å². The third-order valence-electron chi connectivity index (χ3n) is 3.71. The van der Waals surface area contributed by atoms with Gasteiger partial charge in [0.05, 0.1) is 6.10 Å². The topological polar surface area (TPSA) is 93.1 Å². The zero-order valence-corrected chi connectivity index (χ0v) is 13.5. The maximum absolute atomic E-state index is 11.8. The second kappa shape index (κ2) is 9.10. The van der Waals surface area contributed by atoms with Crippen molar-refractivity contribution < 1.29 is 29.3 Å². The molecule has 6 heteroatoms. The molecule has 0 aromatic heterocycles. The Bertz CT molecular complexity index is 340. The zero-order valence-electron chi connectivity index (χ0n) is 13.5. The van der Waals surface area contributed by atoms with Crippen LogP contribution < -0.4 is 0 Å². The van der Waals surface area contributed by atoms with Crippen LogP contribution in [0, 0.1) is 0 Å². The molecule has 0 amide bonds. The lowest BCUT2D eigenvalue weighted by Crippen LogP contribution is -2.47. The fourth-order valence-electron chi connectivity index (χ4n) is 2.57. The Labute approximate surface area is 131 Å². The van der Waals surface area contributed by atoms with Gasteiger partial charge in [0, 0.05) is 19.3 Å². The molecule has 1 aliphatic heterocycles. The van der Waals surface area contributed by atoms with Crippen molar-refractivity contribution in [2.75, 3.05) is 0 Å². The summed E-state index contributed by atoms with van der Waals surface area (Å²) in [5.41, 5.74) is -1.63. The standard InChI is InChI=1S/C16H28O6/c1-12(17)11-16(2,20)15-21-13(18)9-7-5-3-4-6-8-10-14(19)22-15/h12,15,17,20H,3-11H2,1-2H3. The summed E-state index contributed by atoms with van der Waals surface area (Å²) in [6.45, 7) is 2.90. The van der Waals surface area contributed by atoms with E-state index in [1.807, 2.05) is 0 Å². The van der Waals surface area contributed by atoms with Crippen molar-refractivity contribution in [1.29, 1.82) is 0 Å². The maximum atomic E-state index is 11.8. The molecule has 1 aliphatic rings. The number of carbonyl (C=O) groups is 2. The number of rotatable bonds is 3. The summed E-state index contributed by atoms with van der Waals surface area (Å²) in [5, 5.41) is 19.8. The molecule has 1 saturated heterocycles. The van der Waals surface area contributed by atoms with Crippen LogP contribution in [-0.2, 0) is 19.1 Å². The van der Waals surface area contributed by atoms with E-state index < -0.39 is 29.9 Å². The van der Waals surface area contributed by atoms with Gasteiger partial charge in [-0.1, -0.05) is 25.7 Å². The molecule has 0 radical (unpaired) electrons. The van der Waals surface area contributed by atoms with E-state index in [0.717, 1.165) is 38.5 Å². The van der Waals surface area contributed by atoms with E-state index in [1.54, 1.807) is 0 Å². The maximum Gasteiger partial charge on any atom is 0.308 e. The number of cyclic esters (lactones) is 2. The van der Waals surface area contributed by atoms with E-state index in [9.17, 15) is 19.8 Å². The van der Waals surface area contributed by atoms with Crippen molar-refractivity contribution in [3.05, 3.63) is 0 Å². The molecule has 0 aliphatic carbocycles. The summed E-state index contributed by atoms with van der Waals surface area (Å²) < 4.78 is 10.3. The fraction of sp³-hybridized carbons (Fsp3) is 0.875. The molecule has 128 valence electrons. The second-order valence-electron chi connectivity index (χ2n) is 6.34. The average Bonchev–Trinajstić information content (AvgIpc) is 2.40. The summed E-state index contributed by atoms with van der Waals surface area (Å²) in [6, 6.07) is 0. The molecule has 0 spiro atoms. The Morgan fingerprint density at radius 1 is 1.05 bits per heavy atom.